The maximum absolute atomic E-state index is 15.3. The normalized spacial score (nSPS) is 17.3. The molecule has 0 aliphatic carbocycles. The third-order valence-electron chi connectivity index (χ3n) is 4.07. The molecule has 2 atom stereocenters. The van der Waals surface area contributed by atoms with Gasteiger partial charge in [-0.25, -0.2) is 0 Å². The van der Waals surface area contributed by atoms with E-state index in [1.165, 1.54) is 13.1 Å². The van der Waals surface area contributed by atoms with Crippen LogP contribution in [0, 0.1) is 13.8 Å². The van der Waals surface area contributed by atoms with Crippen LogP contribution in [0.25, 0.3) is 0 Å². The molecule has 2 rings (SSSR count). The molecule has 0 spiro atoms. The van der Waals surface area contributed by atoms with Crippen molar-refractivity contribution in [1.29, 1.82) is 0 Å². The summed E-state index contributed by atoms with van der Waals surface area (Å²) in [5.41, 5.74) is 2.13. The lowest BCUT2D eigenvalue weighted by Gasteiger charge is -2.30. The van der Waals surface area contributed by atoms with Crippen LogP contribution in [0.5, 0.6) is 0 Å². The van der Waals surface area contributed by atoms with Gasteiger partial charge in [0.2, 0.25) is 0 Å². The zero-order chi connectivity index (χ0) is 15.0. The monoisotopic (exact) mass is 306 g/mol. The van der Waals surface area contributed by atoms with E-state index in [0.29, 0.717) is 10.4 Å². The van der Waals surface area contributed by atoms with Crippen molar-refractivity contribution >= 4 is 26.2 Å². The lowest BCUT2D eigenvalue weighted by atomic mass is 10.2. The van der Waals surface area contributed by atoms with E-state index in [2.05, 4.69) is 0 Å². The molecule has 0 unspecified atom stereocenters. The van der Waals surface area contributed by atoms with E-state index in [1.807, 2.05) is 38.1 Å². The Hall–Kier alpha value is -1.27. The van der Waals surface area contributed by atoms with E-state index >= 15 is 8.22 Å². The topological polar surface area (TPSA) is 0 Å². The van der Waals surface area contributed by atoms with Gasteiger partial charge in [0.1, 0.15) is 0 Å². The second-order valence-electron chi connectivity index (χ2n) is 5.74. The minimum absolute atomic E-state index is 0.556. The van der Waals surface area contributed by atoms with Crippen LogP contribution in [0.4, 0.5) is 8.22 Å². The minimum Gasteiger partial charge on any atom is -0.308 e. The summed E-state index contributed by atoms with van der Waals surface area (Å²) in [5.74, 6) is 0. The summed E-state index contributed by atoms with van der Waals surface area (Å²) < 4.78 is 30.7. The molecule has 0 aliphatic heterocycles. The molecule has 0 saturated carbocycles. The van der Waals surface area contributed by atoms with Gasteiger partial charge in [0.25, 0.3) is 0 Å². The van der Waals surface area contributed by atoms with Gasteiger partial charge >= 0.3 is 15.9 Å². The Bertz CT molecular complexity index is 531. The van der Waals surface area contributed by atoms with Crippen LogP contribution in [0.2, 0.25) is 13.1 Å². The van der Waals surface area contributed by atoms with Crippen molar-refractivity contribution in [3.8, 4) is 0 Å². The van der Waals surface area contributed by atoms with Crippen molar-refractivity contribution in [3.05, 3.63) is 59.7 Å². The van der Waals surface area contributed by atoms with Crippen LogP contribution >= 0.6 is 0 Å². The third-order valence-corrected chi connectivity index (χ3v) is 15.7. The molecule has 0 nitrogen and oxygen atoms in total. The average Bonchev–Trinajstić information content (AvgIpc) is 2.39. The highest BCUT2D eigenvalue weighted by Gasteiger charge is 2.55. The first-order valence-corrected chi connectivity index (χ1v) is 12.5. The summed E-state index contributed by atoms with van der Waals surface area (Å²) in [6.07, 6.45) is 0. The third kappa shape index (κ3) is 2.62. The van der Waals surface area contributed by atoms with E-state index < -0.39 is 15.9 Å². The largest absolute Gasteiger partial charge is 0.308 e. The number of aryl methyl sites for hydroxylation is 2. The number of benzene rings is 2. The van der Waals surface area contributed by atoms with E-state index in [1.54, 1.807) is 24.3 Å². The second-order valence-corrected chi connectivity index (χ2v) is 16.5. The van der Waals surface area contributed by atoms with Crippen molar-refractivity contribution in [1.82, 2.24) is 0 Å². The fourth-order valence-electron chi connectivity index (χ4n) is 2.28. The summed E-state index contributed by atoms with van der Waals surface area (Å²) in [4.78, 5) is 0. The second kappa shape index (κ2) is 5.26. The van der Waals surface area contributed by atoms with Gasteiger partial charge in [-0.15, -0.1) is 0 Å². The van der Waals surface area contributed by atoms with Crippen LogP contribution in [-0.2, 0) is 0 Å². The van der Waals surface area contributed by atoms with Crippen molar-refractivity contribution < 1.29 is 8.22 Å². The van der Waals surface area contributed by atoms with Crippen molar-refractivity contribution in [2.24, 2.45) is 0 Å². The molecule has 0 fully saturated rings. The maximum atomic E-state index is 15.3. The van der Waals surface area contributed by atoms with Crippen LogP contribution in [0.1, 0.15) is 11.1 Å². The number of hydrogen-bond acceptors (Lipinski definition) is 0. The lowest BCUT2D eigenvalue weighted by Crippen LogP contribution is -2.67. The number of rotatable bonds is 3. The highest BCUT2D eigenvalue weighted by Crippen LogP contribution is 2.22. The van der Waals surface area contributed by atoms with Crippen LogP contribution in [-0.4, -0.2) is 15.9 Å². The van der Waals surface area contributed by atoms with Gasteiger partial charge in [0, 0.05) is 0 Å². The molecular weight excluding hydrogens is 286 g/mol. The molecule has 0 aromatic heterocycles. The molecule has 0 radical (unpaired) electrons. The Morgan fingerprint density at radius 3 is 1.10 bits per heavy atom. The first kappa shape index (κ1) is 15.1. The van der Waals surface area contributed by atoms with Gasteiger partial charge in [-0.05, 0) is 37.3 Å². The smallest absolute Gasteiger partial charge is 0.302 e. The Morgan fingerprint density at radius 2 is 0.850 bits per heavy atom. The Balaban J connectivity index is 2.45. The van der Waals surface area contributed by atoms with Crippen LogP contribution in [0.3, 0.4) is 0 Å². The predicted octanol–water partition coefficient (Wildman–Crippen LogP) is 3.59. The van der Waals surface area contributed by atoms with Crippen LogP contribution in [0.15, 0.2) is 48.5 Å². The molecule has 0 heterocycles. The first-order valence-electron chi connectivity index (χ1n) is 6.77. The molecule has 0 bridgehead atoms. The van der Waals surface area contributed by atoms with Crippen molar-refractivity contribution in [3.63, 3.8) is 0 Å². The number of hydrogen-bond donors (Lipinski definition) is 0. The minimum atomic E-state index is -3.62. The lowest BCUT2D eigenvalue weighted by molar-refractivity contribution is 0.782. The van der Waals surface area contributed by atoms with Crippen LogP contribution < -0.4 is 10.4 Å². The molecule has 0 amide bonds. The van der Waals surface area contributed by atoms with Gasteiger partial charge < -0.3 is 8.22 Å². The molecule has 2 aromatic rings. The first-order chi connectivity index (χ1) is 9.25. The van der Waals surface area contributed by atoms with Gasteiger partial charge in [0.15, 0.2) is 0 Å². The van der Waals surface area contributed by atoms with Crippen molar-refractivity contribution in [2.75, 3.05) is 0 Å². The molecule has 2 aromatic carbocycles. The summed E-state index contributed by atoms with van der Waals surface area (Å²) in [5, 5.41) is 1.11. The SMILES string of the molecule is Cc1ccc([Si@](C)(F)[Si@@](C)(F)c2ccc(C)cc2)cc1. The standard InChI is InChI=1S/C16H20F2Si2/c1-13-5-9-15(10-6-13)19(3,17)20(4,18)16-11-7-14(2)8-12-16/h5-12H,1-4H3/t19-,20-/m1/s1. The zero-order valence-corrected chi connectivity index (χ0v) is 14.4. The predicted molar refractivity (Wildman–Crippen MR) is 87.1 cm³/mol. The van der Waals surface area contributed by atoms with Gasteiger partial charge in [-0.2, -0.15) is 0 Å². The summed E-state index contributed by atoms with van der Waals surface area (Å²) in [6.45, 7) is 6.91. The van der Waals surface area contributed by atoms with Gasteiger partial charge in [-0.1, -0.05) is 59.7 Å². The fraction of sp³-hybridized carbons (Fsp3) is 0.250. The quantitative estimate of drug-likeness (QED) is 0.600. The molecule has 20 heavy (non-hydrogen) atoms. The van der Waals surface area contributed by atoms with E-state index in [4.69, 9.17) is 0 Å². The molecule has 0 N–H and O–H groups in total. The van der Waals surface area contributed by atoms with E-state index in [0.717, 1.165) is 11.1 Å². The average molecular weight is 307 g/mol. The fourth-order valence-corrected chi connectivity index (χ4v) is 9.20. The maximum Gasteiger partial charge on any atom is 0.302 e. The highest BCUT2D eigenvalue weighted by atomic mass is 29.3. The molecule has 0 aliphatic rings. The highest BCUT2D eigenvalue weighted by molar-refractivity contribution is 7.45. The summed E-state index contributed by atoms with van der Waals surface area (Å²) >= 11 is 0. The zero-order valence-electron chi connectivity index (χ0n) is 12.4. The molecule has 106 valence electrons. The summed E-state index contributed by atoms with van der Waals surface area (Å²) in [6, 6.07) is 14.4. The Kier molecular flexibility index (Phi) is 3.98. The Morgan fingerprint density at radius 1 is 0.600 bits per heavy atom. The van der Waals surface area contributed by atoms with E-state index in [9.17, 15) is 0 Å². The number of halogens is 2. The molecule has 0 saturated heterocycles. The van der Waals surface area contributed by atoms with Gasteiger partial charge in [-0.3, -0.25) is 0 Å². The Labute approximate surface area is 121 Å². The molecular formula is C16H20F2Si2. The van der Waals surface area contributed by atoms with E-state index in [-0.39, 0.29) is 0 Å². The van der Waals surface area contributed by atoms with Gasteiger partial charge in [0.05, 0.1) is 0 Å². The van der Waals surface area contributed by atoms with Crippen molar-refractivity contribution in [2.45, 2.75) is 26.9 Å². The molecule has 4 heteroatoms. The summed E-state index contributed by atoms with van der Waals surface area (Å²) in [7, 11) is -7.23.